The first kappa shape index (κ1) is 17.6. The van der Waals surface area contributed by atoms with Crippen LogP contribution < -0.4 is 16.4 Å². The number of nitrogens with one attached hydrogen (secondary N) is 3. The molecule has 8 heteroatoms. The van der Waals surface area contributed by atoms with Crippen molar-refractivity contribution in [3.05, 3.63) is 0 Å². The summed E-state index contributed by atoms with van der Waals surface area (Å²) in [4.78, 5) is 19.5. The molecule has 0 aliphatic rings. The van der Waals surface area contributed by atoms with Gasteiger partial charge in [-0.3, -0.25) is 15.0 Å². The molecule has 0 spiro atoms. The van der Waals surface area contributed by atoms with E-state index < -0.39 is 18.0 Å². The van der Waals surface area contributed by atoms with Crippen molar-refractivity contribution in [3.8, 4) is 0 Å². The average Bonchev–Trinajstić information content (AvgIpc) is 2.15. The van der Waals surface area contributed by atoms with Crippen LogP contribution in [0.5, 0.6) is 0 Å². The summed E-state index contributed by atoms with van der Waals surface area (Å²) in [5.41, 5.74) is 5.04. The van der Waals surface area contributed by atoms with E-state index in [4.69, 9.17) is 26.2 Å². The Morgan fingerprint density at radius 1 is 1.41 bits per heavy atom. The molecule has 0 aliphatic heterocycles. The van der Waals surface area contributed by atoms with Crippen molar-refractivity contribution in [1.82, 2.24) is 10.6 Å². The number of hydrogen-bond donors (Lipinski definition) is 6. The van der Waals surface area contributed by atoms with E-state index in [0.29, 0.717) is 19.4 Å². The van der Waals surface area contributed by atoms with Crippen LogP contribution in [0.2, 0.25) is 0 Å². The summed E-state index contributed by atoms with van der Waals surface area (Å²) in [6.45, 7) is 1.61. The van der Waals surface area contributed by atoms with E-state index >= 15 is 0 Å². The molecule has 0 aromatic rings. The Morgan fingerprint density at radius 3 is 2.18 bits per heavy atom. The van der Waals surface area contributed by atoms with Crippen LogP contribution in [0.25, 0.3) is 0 Å². The van der Waals surface area contributed by atoms with Gasteiger partial charge in [-0.2, -0.15) is 0 Å². The number of nitrogens with two attached hydrogens (primary N) is 1. The molecule has 0 bridgehead atoms. The van der Waals surface area contributed by atoms with Crippen molar-refractivity contribution in [2.45, 2.75) is 25.8 Å². The standard InChI is InChI=1S/C7H16N4O2.C2H4O2/c1-10-5(6(12)13)3-2-4-11-7(8)9;1-2(3)4/h5,10H,2-4H2,1H3,(H,12,13)(H4,8,9,11);1H3,(H,3,4). The number of aliphatic carboxylic acids is 2. The SMILES string of the molecule is CC(=O)O.CNC(CCCNC(=N)N)C(=O)O. The zero-order chi connectivity index (χ0) is 13.8. The highest BCUT2D eigenvalue weighted by Gasteiger charge is 2.13. The monoisotopic (exact) mass is 248 g/mol. The highest BCUT2D eigenvalue weighted by molar-refractivity contribution is 5.74. The van der Waals surface area contributed by atoms with Gasteiger partial charge in [-0.1, -0.05) is 0 Å². The summed E-state index contributed by atoms with van der Waals surface area (Å²) < 4.78 is 0. The summed E-state index contributed by atoms with van der Waals surface area (Å²) >= 11 is 0. The minimum atomic E-state index is -0.856. The van der Waals surface area contributed by atoms with Gasteiger partial charge in [0.05, 0.1) is 0 Å². The van der Waals surface area contributed by atoms with Crippen molar-refractivity contribution < 1.29 is 19.8 Å². The van der Waals surface area contributed by atoms with Crippen LogP contribution in [-0.2, 0) is 9.59 Å². The van der Waals surface area contributed by atoms with Gasteiger partial charge in [0, 0.05) is 13.5 Å². The zero-order valence-corrected chi connectivity index (χ0v) is 9.99. The summed E-state index contributed by atoms with van der Waals surface area (Å²) in [5, 5.41) is 28.2. The quantitative estimate of drug-likeness (QED) is 0.201. The lowest BCUT2D eigenvalue weighted by Crippen LogP contribution is -2.36. The number of likely N-dealkylation sites (N-methyl/N-ethyl adjacent to an activating group) is 1. The van der Waals surface area contributed by atoms with Crippen molar-refractivity contribution in [3.63, 3.8) is 0 Å². The summed E-state index contributed by atoms with van der Waals surface area (Å²) in [6.07, 6.45) is 1.18. The van der Waals surface area contributed by atoms with E-state index in [-0.39, 0.29) is 5.96 Å². The zero-order valence-electron chi connectivity index (χ0n) is 9.99. The molecule has 0 rings (SSSR count). The molecule has 7 N–H and O–H groups in total. The van der Waals surface area contributed by atoms with E-state index in [0.717, 1.165) is 6.92 Å². The third kappa shape index (κ3) is 16.8. The fourth-order valence-electron chi connectivity index (χ4n) is 0.921. The van der Waals surface area contributed by atoms with Gasteiger partial charge in [-0.25, -0.2) is 0 Å². The molecule has 1 atom stereocenters. The lowest BCUT2D eigenvalue weighted by molar-refractivity contribution is -0.139. The fourth-order valence-corrected chi connectivity index (χ4v) is 0.921. The van der Waals surface area contributed by atoms with Crippen molar-refractivity contribution in [2.24, 2.45) is 5.73 Å². The number of carbonyl (C=O) groups is 2. The molecular weight excluding hydrogens is 228 g/mol. The lowest BCUT2D eigenvalue weighted by Gasteiger charge is -2.10. The van der Waals surface area contributed by atoms with E-state index in [1.165, 1.54) is 0 Å². The molecule has 0 fully saturated rings. The third-order valence-corrected chi connectivity index (χ3v) is 1.63. The minimum Gasteiger partial charge on any atom is -0.481 e. The van der Waals surface area contributed by atoms with Crippen molar-refractivity contribution in [1.29, 1.82) is 5.41 Å². The van der Waals surface area contributed by atoms with Gasteiger partial charge in [0.1, 0.15) is 6.04 Å². The number of rotatable bonds is 6. The Hall–Kier alpha value is -1.83. The first-order valence-electron chi connectivity index (χ1n) is 4.98. The predicted molar refractivity (Wildman–Crippen MR) is 62.9 cm³/mol. The van der Waals surface area contributed by atoms with E-state index in [2.05, 4.69) is 10.6 Å². The van der Waals surface area contributed by atoms with Gasteiger partial charge >= 0.3 is 5.97 Å². The van der Waals surface area contributed by atoms with Crippen LogP contribution in [0.4, 0.5) is 0 Å². The predicted octanol–water partition coefficient (Wildman–Crippen LogP) is -0.987. The maximum absolute atomic E-state index is 10.5. The van der Waals surface area contributed by atoms with Crippen LogP contribution in [0.15, 0.2) is 0 Å². The van der Waals surface area contributed by atoms with Crippen LogP contribution in [0.1, 0.15) is 19.8 Å². The first-order valence-corrected chi connectivity index (χ1v) is 4.98. The molecule has 0 saturated heterocycles. The Balaban J connectivity index is 0. The van der Waals surface area contributed by atoms with Gasteiger partial charge in [0.2, 0.25) is 0 Å². The first-order chi connectivity index (χ1) is 7.81. The molecule has 8 nitrogen and oxygen atoms in total. The normalized spacial score (nSPS) is 10.7. The van der Waals surface area contributed by atoms with Gasteiger partial charge in [0.25, 0.3) is 5.97 Å². The topological polar surface area (TPSA) is 149 Å². The van der Waals surface area contributed by atoms with E-state index in [9.17, 15) is 4.79 Å². The highest BCUT2D eigenvalue weighted by atomic mass is 16.4. The summed E-state index contributed by atoms with van der Waals surface area (Å²) in [5.74, 6) is -1.78. The van der Waals surface area contributed by atoms with E-state index in [1.54, 1.807) is 7.05 Å². The Kier molecular flexibility index (Phi) is 11.0. The number of guanidine groups is 1. The summed E-state index contributed by atoms with van der Waals surface area (Å²) in [7, 11) is 1.61. The molecule has 1 unspecified atom stereocenters. The van der Waals surface area contributed by atoms with Crippen LogP contribution in [-0.4, -0.2) is 47.7 Å². The van der Waals surface area contributed by atoms with Gasteiger partial charge in [0.15, 0.2) is 5.96 Å². The van der Waals surface area contributed by atoms with Crippen LogP contribution in [0, 0.1) is 5.41 Å². The minimum absolute atomic E-state index is 0.0867. The lowest BCUT2D eigenvalue weighted by atomic mass is 10.1. The van der Waals surface area contributed by atoms with Crippen molar-refractivity contribution >= 4 is 17.9 Å². The molecular formula is C9H20N4O4. The second kappa shape index (κ2) is 10.7. The van der Waals surface area contributed by atoms with E-state index in [1.807, 2.05) is 0 Å². The highest BCUT2D eigenvalue weighted by Crippen LogP contribution is 1.95. The molecule has 100 valence electrons. The largest absolute Gasteiger partial charge is 0.481 e. The molecule has 0 aromatic heterocycles. The maximum Gasteiger partial charge on any atom is 0.320 e. The Labute approximate surface area is 99.7 Å². The molecule has 0 heterocycles. The van der Waals surface area contributed by atoms with Gasteiger partial charge in [-0.15, -0.1) is 0 Å². The molecule has 0 saturated carbocycles. The number of hydrogen-bond acceptors (Lipinski definition) is 4. The average molecular weight is 248 g/mol. The van der Waals surface area contributed by atoms with Crippen LogP contribution >= 0.6 is 0 Å². The van der Waals surface area contributed by atoms with Crippen molar-refractivity contribution in [2.75, 3.05) is 13.6 Å². The molecule has 17 heavy (non-hydrogen) atoms. The second-order valence-electron chi connectivity index (χ2n) is 3.18. The summed E-state index contributed by atoms with van der Waals surface area (Å²) in [6, 6.07) is -0.520. The maximum atomic E-state index is 10.5. The smallest absolute Gasteiger partial charge is 0.320 e. The molecule has 0 amide bonds. The van der Waals surface area contributed by atoms with Gasteiger partial charge < -0.3 is 26.6 Å². The second-order valence-corrected chi connectivity index (χ2v) is 3.18. The molecule has 0 radical (unpaired) electrons. The molecule has 0 aromatic carbocycles. The molecule has 0 aliphatic carbocycles. The third-order valence-electron chi connectivity index (χ3n) is 1.63. The van der Waals surface area contributed by atoms with Crippen LogP contribution in [0.3, 0.4) is 0 Å². The Bertz CT molecular complexity index is 253. The van der Waals surface area contributed by atoms with Gasteiger partial charge in [-0.05, 0) is 19.9 Å². The number of carboxylic acids is 2. The Morgan fingerprint density at radius 2 is 1.88 bits per heavy atom. The fraction of sp³-hybridized carbons (Fsp3) is 0.667. The number of carboxylic acid groups (broad SMARTS) is 2.